The van der Waals surface area contributed by atoms with Gasteiger partial charge in [-0.2, -0.15) is 0 Å². The van der Waals surface area contributed by atoms with Gasteiger partial charge in [0, 0.05) is 12.0 Å². The Morgan fingerprint density at radius 1 is 0.897 bits per heavy atom. The maximum Gasteiger partial charge on any atom is 0.225 e. The lowest BCUT2D eigenvalue weighted by molar-refractivity contribution is -0.117. The van der Waals surface area contributed by atoms with Crippen LogP contribution >= 0.6 is 0 Å². The highest BCUT2D eigenvalue weighted by atomic mass is 16.1. The van der Waals surface area contributed by atoms with Gasteiger partial charge in [0.1, 0.15) is 0 Å². The molecule has 4 nitrogen and oxygen atoms in total. The van der Waals surface area contributed by atoms with E-state index in [-0.39, 0.29) is 5.91 Å². The summed E-state index contributed by atoms with van der Waals surface area (Å²) in [7, 11) is 0. The van der Waals surface area contributed by atoms with Gasteiger partial charge in [0.15, 0.2) is 5.82 Å². The van der Waals surface area contributed by atoms with E-state index in [4.69, 9.17) is 4.98 Å². The molecule has 1 heterocycles. The van der Waals surface area contributed by atoms with Crippen LogP contribution in [0.4, 0.5) is 5.82 Å². The van der Waals surface area contributed by atoms with Crippen molar-refractivity contribution in [2.24, 2.45) is 11.8 Å². The summed E-state index contributed by atoms with van der Waals surface area (Å²) < 4.78 is 0. The van der Waals surface area contributed by atoms with Crippen molar-refractivity contribution in [1.29, 1.82) is 0 Å². The van der Waals surface area contributed by atoms with Gasteiger partial charge in [0.25, 0.3) is 0 Å². The molecule has 0 bridgehead atoms. The lowest BCUT2D eigenvalue weighted by Gasteiger charge is -2.23. The third-order valence-electron chi connectivity index (χ3n) is 6.58. The zero-order valence-electron chi connectivity index (χ0n) is 17.4. The summed E-state index contributed by atoms with van der Waals surface area (Å²) in [6, 6.07) is 10.2. The predicted molar refractivity (Wildman–Crippen MR) is 118 cm³/mol. The fraction of sp³-hybridized carbons (Fsp3) is 0.560. The standard InChI is InChI=1S/C25H33N3O/c29-24(17-20-12-6-2-7-13-20)28-25-22(16-19-10-4-1-5-11-19)27-23(18-26-25)21-14-8-3-9-15-21/h3,8-9,14-15,18-20H,1-2,4-7,10-13,16-17H2,(H,26,28,29). The molecule has 2 saturated carbocycles. The summed E-state index contributed by atoms with van der Waals surface area (Å²) >= 11 is 0. The quantitative estimate of drug-likeness (QED) is 0.640. The maximum absolute atomic E-state index is 12.7. The fourth-order valence-electron chi connectivity index (χ4n) is 4.92. The second-order valence-corrected chi connectivity index (χ2v) is 8.88. The number of aromatic nitrogens is 2. The number of hydrogen-bond acceptors (Lipinski definition) is 3. The van der Waals surface area contributed by atoms with Gasteiger partial charge in [0.2, 0.25) is 5.91 Å². The van der Waals surface area contributed by atoms with Gasteiger partial charge in [-0.25, -0.2) is 9.97 Å². The molecular weight excluding hydrogens is 358 g/mol. The van der Waals surface area contributed by atoms with Crippen molar-refractivity contribution in [3.63, 3.8) is 0 Å². The van der Waals surface area contributed by atoms with Crippen molar-refractivity contribution in [2.75, 3.05) is 5.32 Å². The molecule has 1 N–H and O–H groups in total. The molecule has 0 atom stereocenters. The normalized spacial score (nSPS) is 18.5. The molecule has 1 aromatic heterocycles. The van der Waals surface area contributed by atoms with Crippen LogP contribution in [0.2, 0.25) is 0 Å². The summed E-state index contributed by atoms with van der Waals surface area (Å²) in [5, 5.41) is 3.11. The highest BCUT2D eigenvalue weighted by Gasteiger charge is 2.21. The molecule has 1 aromatic carbocycles. The Hall–Kier alpha value is -2.23. The molecule has 0 spiro atoms. The molecule has 2 fully saturated rings. The van der Waals surface area contributed by atoms with E-state index in [1.807, 2.05) is 18.2 Å². The SMILES string of the molecule is O=C(CC1CCCCC1)Nc1ncc(-c2ccccc2)nc1CC1CCCCC1. The summed E-state index contributed by atoms with van der Waals surface area (Å²) in [4.78, 5) is 22.3. The minimum Gasteiger partial charge on any atom is -0.309 e. The van der Waals surface area contributed by atoms with Crippen molar-refractivity contribution in [3.05, 3.63) is 42.2 Å². The number of nitrogens with zero attached hydrogens (tertiary/aromatic N) is 2. The number of benzene rings is 1. The molecule has 4 heteroatoms. The van der Waals surface area contributed by atoms with Gasteiger partial charge in [-0.05, 0) is 31.1 Å². The zero-order valence-corrected chi connectivity index (χ0v) is 17.4. The van der Waals surface area contributed by atoms with Crippen molar-refractivity contribution >= 4 is 11.7 Å². The van der Waals surface area contributed by atoms with E-state index in [1.165, 1.54) is 64.2 Å². The Kier molecular flexibility index (Phi) is 6.91. The Morgan fingerprint density at radius 3 is 2.24 bits per heavy atom. The highest BCUT2D eigenvalue weighted by Crippen LogP contribution is 2.30. The minimum atomic E-state index is 0.101. The van der Waals surface area contributed by atoms with Gasteiger partial charge < -0.3 is 5.32 Å². The summed E-state index contributed by atoms with van der Waals surface area (Å²) in [5.41, 5.74) is 2.92. The molecule has 154 valence electrons. The van der Waals surface area contributed by atoms with Crippen LogP contribution in [-0.2, 0) is 11.2 Å². The van der Waals surface area contributed by atoms with Crippen molar-refractivity contribution < 1.29 is 4.79 Å². The first-order chi connectivity index (χ1) is 14.3. The van der Waals surface area contributed by atoms with Crippen LogP contribution in [0.15, 0.2) is 36.5 Å². The zero-order chi connectivity index (χ0) is 19.9. The van der Waals surface area contributed by atoms with E-state index in [0.717, 1.165) is 23.4 Å². The maximum atomic E-state index is 12.7. The number of carbonyl (C=O) groups excluding carboxylic acids is 1. The van der Waals surface area contributed by atoms with Gasteiger partial charge in [-0.1, -0.05) is 81.7 Å². The molecule has 0 radical (unpaired) electrons. The Bertz CT molecular complexity index is 793. The number of nitrogens with one attached hydrogen (secondary N) is 1. The third-order valence-corrected chi connectivity index (χ3v) is 6.58. The summed E-state index contributed by atoms with van der Waals surface area (Å²) in [6.07, 6.45) is 16.0. The first-order valence-corrected chi connectivity index (χ1v) is 11.5. The fourth-order valence-corrected chi connectivity index (χ4v) is 4.92. The first-order valence-electron chi connectivity index (χ1n) is 11.5. The second-order valence-electron chi connectivity index (χ2n) is 8.88. The summed E-state index contributed by atoms with van der Waals surface area (Å²) in [6.45, 7) is 0. The highest BCUT2D eigenvalue weighted by molar-refractivity contribution is 5.90. The van der Waals surface area contributed by atoms with Crippen molar-refractivity contribution in [3.8, 4) is 11.3 Å². The van der Waals surface area contributed by atoms with Crippen molar-refractivity contribution in [2.45, 2.75) is 77.0 Å². The Labute approximate surface area is 174 Å². The Morgan fingerprint density at radius 2 is 1.55 bits per heavy atom. The number of carbonyl (C=O) groups is 1. The van der Waals surface area contributed by atoms with Crippen LogP contribution in [0, 0.1) is 11.8 Å². The van der Waals surface area contributed by atoms with Crippen LogP contribution in [-0.4, -0.2) is 15.9 Å². The van der Waals surface area contributed by atoms with Crippen molar-refractivity contribution in [1.82, 2.24) is 9.97 Å². The minimum absolute atomic E-state index is 0.101. The molecule has 2 aliphatic carbocycles. The number of rotatable bonds is 6. The van der Waals surface area contributed by atoms with Crippen LogP contribution in [0.1, 0.15) is 76.3 Å². The van der Waals surface area contributed by atoms with Gasteiger partial charge in [-0.3, -0.25) is 4.79 Å². The largest absolute Gasteiger partial charge is 0.309 e. The molecule has 0 saturated heterocycles. The smallest absolute Gasteiger partial charge is 0.225 e. The number of hydrogen-bond donors (Lipinski definition) is 1. The van der Waals surface area contributed by atoms with Gasteiger partial charge >= 0.3 is 0 Å². The monoisotopic (exact) mass is 391 g/mol. The van der Waals surface area contributed by atoms with E-state index >= 15 is 0 Å². The lowest BCUT2D eigenvalue weighted by atomic mass is 9.86. The molecular formula is C25H33N3O. The van der Waals surface area contributed by atoms with Crippen LogP contribution < -0.4 is 5.32 Å². The molecule has 29 heavy (non-hydrogen) atoms. The predicted octanol–water partition coefficient (Wildman–Crippen LogP) is 6.18. The molecule has 0 unspecified atom stereocenters. The van der Waals surface area contributed by atoms with Crippen LogP contribution in [0.5, 0.6) is 0 Å². The van der Waals surface area contributed by atoms with E-state index in [1.54, 1.807) is 6.20 Å². The average molecular weight is 392 g/mol. The van der Waals surface area contributed by atoms with Gasteiger partial charge in [-0.15, -0.1) is 0 Å². The van der Waals surface area contributed by atoms with E-state index in [2.05, 4.69) is 22.4 Å². The third kappa shape index (κ3) is 5.65. The van der Waals surface area contributed by atoms with Gasteiger partial charge in [0.05, 0.1) is 17.6 Å². The van der Waals surface area contributed by atoms with Crippen LogP contribution in [0.3, 0.4) is 0 Å². The van der Waals surface area contributed by atoms with E-state index in [0.29, 0.717) is 24.1 Å². The number of amides is 1. The first kappa shape index (κ1) is 20.1. The lowest BCUT2D eigenvalue weighted by Crippen LogP contribution is -2.21. The van der Waals surface area contributed by atoms with E-state index in [9.17, 15) is 4.79 Å². The average Bonchev–Trinajstić information content (AvgIpc) is 2.77. The van der Waals surface area contributed by atoms with Crippen LogP contribution in [0.25, 0.3) is 11.3 Å². The molecule has 4 rings (SSSR count). The summed E-state index contributed by atoms with van der Waals surface area (Å²) in [5.74, 6) is 1.96. The second kappa shape index (κ2) is 10.00. The molecule has 0 aliphatic heterocycles. The van der Waals surface area contributed by atoms with E-state index < -0.39 is 0 Å². The Balaban J connectivity index is 1.51. The topological polar surface area (TPSA) is 54.9 Å². The molecule has 1 amide bonds. The molecule has 2 aromatic rings. The molecule has 2 aliphatic rings. The number of anilines is 1.